The third kappa shape index (κ3) is 2.62. The molecule has 0 spiro atoms. The van der Waals surface area contributed by atoms with E-state index < -0.39 is 6.36 Å². The van der Waals surface area contributed by atoms with Gasteiger partial charge in [0.15, 0.2) is 0 Å². The summed E-state index contributed by atoms with van der Waals surface area (Å²) in [5.74, 6) is 1.33. The molecule has 5 heteroatoms. The molecule has 0 aromatic carbocycles. The maximum Gasteiger partial charge on any atom is 0.219 e. The predicted octanol–water partition coefficient (Wildman–Crippen LogP) is 1.67. The average molecular weight is 211 g/mol. The zero-order chi connectivity index (χ0) is 10.7. The summed E-state index contributed by atoms with van der Waals surface area (Å²) in [4.78, 5) is 8.13. The van der Waals surface area contributed by atoms with Gasteiger partial charge in [-0.05, 0) is 25.8 Å². The van der Waals surface area contributed by atoms with Gasteiger partial charge in [0.1, 0.15) is 11.6 Å². The molecule has 2 atom stereocenters. The SMILES string of the molecule is Cc1nccc(NC2CCCOC2F)n1. The van der Waals surface area contributed by atoms with Crippen LogP contribution in [0.1, 0.15) is 18.7 Å². The van der Waals surface area contributed by atoms with Crippen molar-refractivity contribution in [2.75, 3.05) is 11.9 Å². The van der Waals surface area contributed by atoms with Crippen molar-refractivity contribution in [1.82, 2.24) is 9.97 Å². The second-order valence-corrected chi connectivity index (χ2v) is 3.60. The Morgan fingerprint density at radius 2 is 2.47 bits per heavy atom. The van der Waals surface area contributed by atoms with E-state index in [1.807, 2.05) is 0 Å². The molecule has 2 rings (SSSR count). The first-order valence-corrected chi connectivity index (χ1v) is 5.07. The fourth-order valence-corrected chi connectivity index (χ4v) is 1.61. The number of aryl methyl sites for hydroxylation is 1. The highest BCUT2D eigenvalue weighted by Gasteiger charge is 2.25. The van der Waals surface area contributed by atoms with Gasteiger partial charge in [0.2, 0.25) is 6.36 Å². The molecule has 2 unspecified atom stereocenters. The van der Waals surface area contributed by atoms with Crippen LogP contribution in [0.25, 0.3) is 0 Å². The first-order chi connectivity index (χ1) is 7.25. The lowest BCUT2D eigenvalue weighted by atomic mass is 10.1. The lowest BCUT2D eigenvalue weighted by Crippen LogP contribution is -2.37. The number of nitrogens with one attached hydrogen (secondary N) is 1. The summed E-state index contributed by atoms with van der Waals surface area (Å²) in [6.07, 6.45) is 2.06. The number of hydrogen-bond donors (Lipinski definition) is 1. The molecule has 1 fully saturated rings. The first kappa shape index (κ1) is 10.3. The second kappa shape index (κ2) is 4.53. The zero-order valence-corrected chi connectivity index (χ0v) is 8.61. The minimum atomic E-state index is -1.24. The standard InChI is InChI=1S/C10H14FN3O/c1-7-12-5-4-9(13-7)14-8-3-2-6-15-10(8)11/h4-5,8,10H,2-3,6H2,1H3,(H,12,13,14). The maximum absolute atomic E-state index is 13.3. The van der Waals surface area contributed by atoms with E-state index in [4.69, 9.17) is 4.74 Å². The van der Waals surface area contributed by atoms with Gasteiger partial charge < -0.3 is 10.1 Å². The van der Waals surface area contributed by atoms with E-state index in [1.54, 1.807) is 19.2 Å². The van der Waals surface area contributed by atoms with Gasteiger partial charge in [-0.3, -0.25) is 0 Å². The van der Waals surface area contributed by atoms with E-state index >= 15 is 0 Å². The van der Waals surface area contributed by atoms with E-state index in [-0.39, 0.29) is 6.04 Å². The Bertz CT molecular complexity index is 334. The largest absolute Gasteiger partial charge is 0.362 e. The molecule has 0 bridgehead atoms. The molecule has 4 nitrogen and oxygen atoms in total. The summed E-state index contributed by atoms with van der Waals surface area (Å²) in [5.41, 5.74) is 0. The van der Waals surface area contributed by atoms with Crippen LogP contribution in [-0.2, 0) is 4.74 Å². The number of alkyl halides is 1. The highest BCUT2D eigenvalue weighted by atomic mass is 19.1. The Morgan fingerprint density at radius 1 is 1.60 bits per heavy atom. The topological polar surface area (TPSA) is 47.0 Å². The molecule has 0 aliphatic carbocycles. The number of halogens is 1. The van der Waals surface area contributed by atoms with Crippen molar-refractivity contribution in [3.63, 3.8) is 0 Å². The molecule has 1 saturated heterocycles. The molecule has 0 radical (unpaired) electrons. The number of anilines is 1. The minimum absolute atomic E-state index is 0.298. The smallest absolute Gasteiger partial charge is 0.219 e. The van der Waals surface area contributed by atoms with Crippen LogP contribution in [0.4, 0.5) is 10.2 Å². The van der Waals surface area contributed by atoms with Gasteiger partial charge in [-0.1, -0.05) is 0 Å². The Kier molecular flexibility index (Phi) is 3.11. The normalized spacial score (nSPS) is 26.3. The lowest BCUT2D eigenvalue weighted by molar-refractivity contribution is -0.0758. The quantitative estimate of drug-likeness (QED) is 0.808. The van der Waals surface area contributed by atoms with E-state index in [9.17, 15) is 4.39 Å². The summed E-state index contributed by atoms with van der Waals surface area (Å²) < 4.78 is 18.2. The van der Waals surface area contributed by atoms with Gasteiger partial charge in [0.25, 0.3) is 0 Å². The van der Waals surface area contributed by atoms with Crippen molar-refractivity contribution in [1.29, 1.82) is 0 Å². The van der Waals surface area contributed by atoms with Gasteiger partial charge in [0, 0.05) is 6.20 Å². The van der Waals surface area contributed by atoms with Crippen molar-refractivity contribution in [2.45, 2.75) is 32.2 Å². The minimum Gasteiger partial charge on any atom is -0.362 e. The number of hydrogen-bond acceptors (Lipinski definition) is 4. The average Bonchev–Trinajstić information content (AvgIpc) is 2.22. The monoisotopic (exact) mass is 211 g/mol. The molecule has 1 aliphatic heterocycles. The molecule has 1 aromatic heterocycles. The summed E-state index contributed by atoms with van der Waals surface area (Å²) in [7, 11) is 0. The van der Waals surface area contributed by atoms with Crippen LogP contribution in [0.2, 0.25) is 0 Å². The van der Waals surface area contributed by atoms with Crippen LogP contribution < -0.4 is 5.32 Å². The number of nitrogens with zero attached hydrogens (tertiary/aromatic N) is 2. The number of ether oxygens (including phenoxy) is 1. The van der Waals surface area contributed by atoms with E-state index in [1.165, 1.54) is 0 Å². The lowest BCUT2D eigenvalue weighted by Gasteiger charge is -2.27. The number of rotatable bonds is 2. The molecule has 82 valence electrons. The number of aromatic nitrogens is 2. The Hall–Kier alpha value is -1.23. The van der Waals surface area contributed by atoms with E-state index in [2.05, 4.69) is 15.3 Å². The summed E-state index contributed by atoms with van der Waals surface area (Å²) in [6, 6.07) is 1.43. The van der Waals surface area contributed by atoms with E-state index in [0.29, 0.717) is 18.2 Å². The Labute approximate surface area is 87.9 Å². The van der Waals surface area contributed by atoms with Crippen LogP contribution in [-0.4, -0.2) is 29.0 Å². The molecular formula is C10H14FN3O. The highest BCUT2D eigenvalue weighted by Crippen LogP contribution is 2.18. The van der Waals surface area contributed by atoms with Crippen molar-refractivity contribution in [2.24, 2.45) is 0 Å². The summed E-state index contributed by atoms with van der Waals surface area (Å²) >= 11 is 0. The summed E-state index contributed by atoms with van der Waals surface area (Å²) in [5, 5.41) is 3.02. The van der Waals surface area contributed by atoms with Crippen LogP contribution in [0, 0.1) is 6.92 Å². The molecular weight excluding hydrogens is 197 g/mol. The van der Waals surface area contributed by atoms with Crippen molar-refractivity contribution >= 4 is 5.82 Å². The maximum atomic E-state index is 13.3. The van der Waals surface area contributed by atoms with Crippen molar-refractivity contribution in [3.05, 3.63) is 18.1 Å². The zero-order valence-electron chi connectivity index (χ0n) is 8.61. The van der Waals surface area contributed by atoms with Crippen LogP contribution in [0.5, 0.6) is 0 Å². The van der Waals surface area contributed by atoms with Crippen molar-refractivity contribution < 1.29 is 9.13 Å². The molecule has 1 N–H and O–H groups in total. The van der Waals surface area contributed by atoms with E-state index in [0.717, 1.165) is 12.8 Å². The molecule has 0 saturated carbocycles. The van der Waals surface area contributed by atoms with Gasteiger partial charge in [-0.25, -0.2) is 14.4 Å². The van der Waals surface area contributed by atoms with Gasteiger partial charge in [-0.2, -0.15) is 0 Å². The molecule has 1 aromatic rings. The predicted molar refractivity (Wildman–Crippen MR) is 54.3 cm³/mol. The van der Waals surface area contributed by atoms with Gasteiger partial charge in [0.05, 0.1) is 12.6 Å². The van der Waals surface area contributed by atoms with Crippen LogP contribution >= 0.6 is 0 Å². The van der Waals surface area contributed by atoms with Crippen LogP contribution in [0.3, 0.4) is 0 Å². The first-order valence-electron chi connectivity index (χ1n) is 5.07. The fraction of sp³-hybridized carbons (Fsp3) is 0.600. The molecule has 2 heterocycles. The van der Waals surface area contributed by atoms with Crippen molar-refractivity contribution in [3.8, 4) is 0 Å². The highest BCUT2D eigenvalue weighted by molar-refractivity contribution is 5.34. The molecule has 0 amide bonds. The van der Waals surface area contributed by atoms with Crippen LogP contribution in [0.15, 0.2) is 12.3 Å². The fourth-order valence-electron chi connectivity index (χ4n) is 1.61. The molecule has 15 heavy (non-hydrogen) atoms. The Balaban J connectivity index is 2.01. The van der Waals surface area contributed by atoms with Gasteiger partial charge >= 0.3 is 0 Å². The Morgan fingerprint density at radius 3 is 3.20 bits per heavy atom. The molecule has 1 aliphatic rings. The third-order valence-corrected chi connectivity index (χ3v) is 2.36. The van der Waals surface area contributed by atoms with Gasteiger partial charge in [-0.15, -0.1) is 0 Å². The third-order valence-electron chi connectivity index (χ3n) is 2.36. The second-order valence-electron chi connectivity index (χ2n) is 3.60. The summed E-state index contributed by atoms with van der Waals surface area (Å²) in [6.45, 7) is 2.30.